The quantitative estimate of drug-likeness (QED) is 0.430. The molecule has 3 heterocycles. The molecule has 4 rings (SSSR count). The number of aromatic nitrogens is 4. The summed E-state index contributed by atoms with van der Waals surface area (Å²) in [5, 5.41) is 5.32. The van der Waals surface area contributed by atoms with Gasteiger partial charge < -0.3 is 10.3 Å². The molecule has 4 aromatic rings. The third-order valence-corrected chi connectivity index (χ3v) is 5.44. The van der Waals surface area contributed by atoms with Crippen molar-refractivity contribution in [1.82, 2.24) is 25.3 Å². The van der Waals surface area contributed by atoms with Crippen molar-refractivity contribution in [2.45, 2.75) is 32.2 Å². The highest BCUT2D eigenvalue weighted by molar-refractivity contribution is 7.09. The number of pyridine rings is 1. The van der Waals surface area contributed by atoms with Gasteiger partial charge in [0.2, 0.25) is 0 Å². The number of imidazole rings is 1. The molecule has 29 heavy (non-hydrogen) atoms. The molecular formula is C21H20FN5OS. The number of para-hydroxylation sites is 2. The van der Waals surface area contributed by atoms with Crippen LogP contribution in [0.5, 0.6) is 0 Å². The molecule has 148 valence electrons. The van der Waals surface area contributed by atoms with E-state index in [-0.39, 0.29) is 18.1 Å². The number of carbonyl (C=O) groups excluding carboxylic acids is 1. The van der Waals surface area contributed by atoms with Gasteiger partial charge in [-0.1, -0.05) is 12.1 Å². The van der Waals surface area contributed by atoms with Gasteiger partial charge in [-0.15, -0.1) is 11.3 Å². The number of amides is 1. The van der Waals surface area contributed by atoms with Gasteiger partial charge >= 0.3 is 0 Å². The average Bonchev–Trinajstić information content (AvgIpc) is 3.37. The van der Waals surface area contributed by atoms with Crippen LogP contribution in [0.25, 0.3) is 11.0 Å². The second kappa shape index (κ2) is 8.91. The highest BCUT2D eigenvalue weighted by atomic mass is 32.1. The number of H-pyrrole nitrogens is 1. The van der Waals surface area contributed by atoms with Crippen molar-refractivity contribution in [3.05, 3.63) is 76.0 Å². The number of fused-ring (bicyclic) bond motifs is 1. The van der Waals surface area contributed by atoms with E-state index in [1.807, 2.05) is 24.3 Å². The lowest BCUT2D eigenvalue weighted by atomic mass is 10.2. The highest BCUT2D eigenvalue weighted by Gasteiger charge is 2.12. The van der Waals surface area contributed by atoms with Crippen molar-refractivity contribution in [3.8, 4) is 0 Å². The van der Waals surface area contributed by atoms with Gasteiger partial charge in [0.25, 0.3) is 5.91 Å². The van der Waals surface area contributed by atoms with E-state index in [9.17, 15) is 9.18 Å². The van der Waals surface area contributed by atoms with Crippen LogP contribution in [0.1, 0.15) is 39.9 Å². The summed E-state index contributed by atoms with van der Waals surface area (Å²) in [5.41, 5.74) is 2.62. The molecular weight excluding hydrogens is 389 g/mol. The molecule has 0 spiro atoms. The Morgan fingerprint density at radius 2 is 1.97 bits per heavy atom. The van der Waals surface area contributed by atoms with Gasteiger partial charge in [0, 0.05) is 18.0 Å². The SMILES string of the molecule is O=C(NCc1ncccc1F)c1csc(CCCCc2nc3ccccc3[nH]2)n1. The monoisotopic (exact) mass is 409 g/mol. The van der Waals surface area contributed by atoms with Crippen LogP contribution in [0.2, 0.25) is 0 Å². The molecule has 0 aliphatic carbocycles. The predicted octanol–water partition coefficient (Wildman–Crippen LogP) is 4.05. The van der Waals surface area contributed by atoms with Crippen LogP contribution < -0.4 is 5.32 Å². The van der Waals surface area contributed by atoms with Crippen molar-refractivity contribution >= 4 is 28.3 Å². The molecule has 0 saturated carbocycles. The van der Waals surface area contributed by atoms with Crippen molar-refractivity contribution in [1.29, 1.82) is 0 Å². The molecule has 8 heteroatoms. The minimum atomic E-state index is -0.434. The molecule has 0 unspecified atom stereocenters. The number of aryl methyl sites for hydroxylation is 2. The van der Waals surface area contributed by atoms with Gasteiger partial charge in [-0.2, -0.15) is 0 Å². The minimum absolute atomic E-state index is 0.0376. The molecule has 6 nitrogen and oxygen atoms in total. The number of benzene rings is 1. The van der Waals surface area contributed by atoms with E-state index in [4.69, 9.17) is 0 Å². The lowest BCUT2D eigenvalue weighted by Gasteiger charge is -2.03. The molecule has 1 aromatic carbocycles. The third kappa shape index (κ3) is 4.83. The van der Waals surface area contributed by atoms with Gasteiger partial charge in [-0.25, -0.2) is 14.4 Å². The summed E-state index contributed by atoms with van der Waals surface area (Å²) < 4.78 is 13.6. The molecule has 0 atom stereocenters. The summed E-state index contributed by atoms with van der Waals surface area (Å²) in [6, 6.07) is 10.8. The molecule has 1 amide bonds. The van der Waals surface area contributed by atoms with Gasteiger partial charge in [-0.05, 0) is 43.5 Å². The summed E-state index contributed by atoms with van der Waals surface area (Å²) in [6.45, 7) is 0.0376. The first-order valence-electron chi connectivity index (χ1n) is 9.44. The summed E-state index contributed by atoms with van der Waals surface area (Å²) in [4.78, 5) is 28.4. The summed E-state index contributed by atoms with van der Waals surface area (Å²) in [6.07, 6.45) is 5.14. The number of carbonyl (C=O) groups is 1. The van der Waals surface area contributed by atoms with Crippen molar-refractivity contribution in [3.63, 3.8) is 0 Å². The third-order valence-electron chi connectivity index (χ3n) is 4.53. The number of hydrogen-bond acceptors (Lipinski definition) is 5. The minimum Gasteiger partial charge on any atom is -0.345 e. The van der Waals surface area contributed by atoms with E-state index in [1.54, 1.807) is 5.38 Å². The van der Waals surface area contributed by atoms with Crippen molar-refractivity contribution in [2.75, 3.05) is 0 Å². The van der Waals surface area contributed by atoms with Crippen molar-refractivity contribution in [2.24, 2.45) is 0 Å². The lowest BCUT2D eigenvalue weighted by Crippen LogP contribution is -2.24. The first-order chi connectivity index (χ1) is 14.2. The zero-order valence-corrected chi connectivity index (χ0v) is 16.5. The maximum Gasteiger partial charge on any atom is 0.271 e. The van der Waals surface area contributed by atoms with Crippen LogP contribution in [0.15, 0.2) is 48.0 Å². The number of aromatic amines is 1. The van der Waals surface area contributed by atoms with E-state index in [0.29, 0.717) is 5.69 Å². The second-order valence-electron chi connectivity index (χ2n) is 6.65. The molecule has 0 radical (unpaired) electrons. The number of halogens is 1. The fraction of sp³-hybridized carbons (Fsp3) is 0.238. The number of rotatable bonds is 8. The van der Waals surface area contributed by atoms with E-state index >= 15 is 0 Å². The van der Waals surface area contributed by atoms with Gasteiger partial charge in [-0.3, -0.25) is 9.78 Å². The lowest BCUT2D eigenvalue weighted by molar-refractivity contribution is 0.0945. The largest absolute Gasteiger partial charge is 0.345 e. The number of nitrogens with one attached hydrogen (secondary N) is 2. The Morgan fingerprint density at radius 3 is 2.83 bits per heavy atom. The number of unbranched alkanes of at least 4 members (excludes halogenated alkanes) is 1. The molecule has 0 saturated heterocycles. The number of thiazole rings is 1. The van der Waals surface area contributed by atoms with Crippen LogP contribution in [0, 0.1) is 5.82 Å². The topological polar surface area (TPSA) is 83.6 Å². The number of nitrogens with zero attached hydrogens (tertiary/aromatic N) is 3. The normalized spacial score (nSPS) is 11.1. The summed E-state index contributed by atoms with van der Waals surface area (Å²) in [5.74, 6) is 0.239. The van der Waals surface area contributed by atoms with E-state index in [2.05, 4.69) is 25.3 Å². The maximum atomic E-state index is 13.6. The van der Waals surface area contributed by atoms with Gasteiger partial charge in [0.05, 0.1) is 28.3 Å². The Bertz CT molecular complexity index is 1090. The first-order valence-corrected chi connectivity index (χ1v) is 10.3. The Balaban J connectivity index is 1.23. The fourth-order valence-electron chi connectivity index (χ4n) is 3.03. The van der Waals surface area contributed by atoms with Gasteiger partial charge in [0.1, 0.15) is 17.3 Å². The molecule has 0 aliphatic rings. The molecule has 0 fully saturated rings. The maximum absolute atomic E-state index is 13.6. The van der Waals surface area contributed by atoms with E-state index in [1.165, 1.54) is 29.7 Å². The molecule has 2 N–H and O–H groups in total. The predicted molar refractivity (Wildman–Crippen MR) is 110 cm³/mol. The smallest absolute Gasteiger partial charge is 0.271 e. The summed E-state index contributed by atoms with van der Waals surface area (Å²) in [7, 11) is 0. The summed E-state index contributed by atoms with van der Waals surface area (Å²) >= 11 is 1.47. The zero-order chi connectivity index (χ0) is 20.1. The van der Waals surface area contributed by atoms with Crippen LogP contribution in [-0.4, -0.2) is 25.8 Å². The Labute approximate surface area is 171 Å². The van der Waals surface area contributed by atoms with Crippen LogP contribution in [0.4, 0.5) is 4.39 Å². The first kappa shape index (κ1) is 19.2. The van der Waals surface area contributed by atoms with Crippen LogP contribution in [0.3, 0.4) is 0 Å². The second-order valence-corrected chi connectivity index (χ2v) is 7.59. The zero-order valence-electron chi connectivity index (χ0n) is 15.7. The fourth-order valence-corrected chi connectivity index (χ4v) is 3.85. The van der Waals surface area contributed by atoms with Crippen LogP contribution in [-0.2, 0) is 19.4 Å². The Hall–Kier alpha value is -3.13. The molecule has 0 aliphatic heterocycles. The average molecular weight is 409 g/mol. The Kier molecular flexibility index (Phi) is 5.90. The Morgan fingerprint density at radius 1 is 1.10 bits per heavy atom. The van der Waals surface area contributed by atoms with Gasteiger partial charge in [0.15, 0.2) is 0 Å². The van der Waals surface area contributed by atoms with Crippen LogP contribution >= 0.6 is 11.3 Å². The number of hydrogen-bond donors (Lipinski definition) is 2. The van der Waals surface area contributed by atoms with E-state index in [0.717, 1.165) is 47.5 Å². The van der Waals surface area contributed by atoms with E-state index < -0.39 is 5.82 Å². The van der Waals surface area contributed by atoms with Crippen molar-refractivity contribution < 1.29 is 9.18 Å². The highest BCUT2D eigenvalue weighted by Crippen LogP contribution is 2.15. The molecule has 0 bridgehead atoms. The standard InChI is InChI=1S/C21H20FN5OS/c22-14-6-5-11-23-17(14)12-24-21(28)18-13-29-20(27-18)10-4-3-9-19-25-15-7-1-2-8-16(15)26-19/h1-2,5-8,11,13H,3-4,9-10,12H2,(H,24,28)(H,25,26). The molecule has 3 aromatic heterocycles.